The monoisotopic (exact) mass is 374 g/mol. The minimum absolute atomic E-state index is 0.0553. The molecule has 7 heteroatoms. The number of rotatable bonds is 6. The molecule has 2 aromatic rings. The molecule has 1 aromatic carbocycles. The Bertz CT molecular complexity index is 905. The van der Waals surface area contributed by atoms with Crippen molar-refractivity contribution in [3.05, 3.63) is 34.2 Å². The summed E-state index contributed by atoms with van der Waals surface area (Å²) in [5, 5.41) is 1.03. The van der Waals surface area contributed by atoms with Gasteiger partial charge in [-0.2, -0.15) is 0 Å². The average Bonchev–Trinajstić information content (AvgIpc) is 3.15. The Kier molecular flexibility index (Phi) is 5.70. The number of hydrogen-bond donors (Lipinski definition) is 0. The lowest BCUT2D eigenvalue weighted by Crippen LogP contribution is -2.38. The summed E-state index contributed by atoms with van der Waals surface area (Å²) >= 11 is 0. The third-order valence-electron chi connectivity index (χ3n) is 5.16. The molecule has 1 aliphatic heterocycles. The highest BCUT2D eigenvalue weighted by Crippen LogP contribution is 2.33. The first kappa shape index (κ1) is 19.2. The normalized spacial score (nSPS) is 16.7. The van der Waals surface area contributed by atoms with E-state index >= 15 is 0 Å². The number of fused-ring (bicyclic) bond motifs is 1. The van der Waals surface area contributed by atoms with E-state index in [0.29, 0.717) is 47.5 Å². The molecule has 1 saturated heterocycles. The van der Waals surface area contributed by atoms with Gasteiger partial charge in [0, 0.05) is 31.8 Å². The third kappa shape index (κ3) is 3.39. The second-order valence-electron chi connectivity index (χ2n) is 6.64. The van der Waals surface area contributed by atoms with Crippen molar-refractivity contribution in [2.75, 3.05) is 34.5 Å². The SMILES string of the molecule is CCn1cc(C(=O)N2CCC[C@@H]2COC)c2cc(OC)c(OC)cc2c1=O. The zero-order valence-electron chi connectivity index (χ0n) is 16.3. The van der Waals surface area contributed by atoms with E-state index in [9.17, 15) is 9.59 Å². The highest BCUT2D eigenvalue weighted by Gasteiger charge is 2.31. The fourth-order valence-corrected chi connectivity index (χ4v) is 3.75. The van der Waals surface area contributed by atoms with Crippen molar-refractivity contribution in [3.8, 4) is 11.5 Å². The van der Waals surface area contributed by atoms with Crippen LogP contribution in [0.3, 0.4) is 0 Å². The number of pyridine rings is 1. The van der Waals surface area contributed by atoms with E-state index in [4.69, 9.17) is 14.2 Å². The lowest BCUT2D eigenvalue weighted by atomic mass is 10.0. The van der Waals surface area contributed by atoms with Gasteiger partial charge >= 0.3 is 0 Å². The number of ether oxygens (including phenoxy) is 3. The van der Waals surface area contributed by atoms with Crippen LogP contribution in [-0.2, 0) is 11.3 Å². The Morgan fingerprint density at radius 3 is 2.41 bits per heavy atom. The van der Waals surface area contributed by atoms with E-state index in [1.54, 1.807) is 30.0 Å². The lowest BCUT2D eigenvalue weighted by molar-refractivity contribution is 0.0631. The van der Waals surface area contributed by atoms with Crippen LogP contribution in [0.1, 0.15) is 30.1 Å². The number of methoxy groups -OCH3 is 3. The van der Waals surface area contributed by atoms with E-state index < -0.39 is 0 Å². The van der Waals surface area contributed by atoms with Gasteiger partial charge in [0.2, 0.25) is 0 Å². The highest BCUT2D eigenvalue weighted by molar-refractivity contribution is 6.07. The van der Waals surface area contributed by atoms with Gasteiger partial charge < -0.3 is 23.7 Å². The summed E-state index contributed by atoms with van der Waals surface area (Å²) in [4.78, 5) is 28.0. The molecule has 0 N–H and O–H groups in total. The Morgan fingerprint density at radius 2 is 1.81 bits per heavy atom. The van der Waals surface area contributed by atoms with Crippen LogP contribution in [-0.4, -0.2) is 55.9 Å². The van der Waals surface area contributed by atoms with Crippen LogP contribution < -0.4 is 15.0 Å². The Hall–Kier alpha value is -2.54. The summed E-state index contributed by atoms with van der Waals surface area (Å²) in [6.07, 6.45) is 3.52. The van der Waals surface area contributed by atoms with Crippen LogP contribution in [0.25, 0.3) is 10.8 Å². The van der Waals surface area contributed by atoms with Crippen LogP contribution >= 0.6 is 0 Å². The van der Waals surface area contributed by atoms with Gasteiger partial charge in [-0.15, -0.1) is 0 Å². The molecule has 2 heterocycles. The second-order valence-corrected chi connectivity index (χ2v) is 6.64. The van der Waals surface area contributed by atoms with Gasteiger partial charge in [-0.05, 0) is 31.9 Å². The number of carbonyl (C=O) groups excluding carboxylic acids is 1. The number of amides is 1. The summed E-state index contributed by atoms with van der Waals surface area (Å²) in [5.41, 5.74) is 0.343. The Balaban J connectivity index is 2.20. The fraction of sp³-hybridized carbons (Fsp3) is 0.500. The molecule has 1 fully saturated rings. The minimum atomic E-state index is -0.153. The van der Waals surface area contributed by atoms with Crippen LogP contribution in [0, 0.1) is 0 Å². The number of nitrogens with zero attached hydrogens (tertiary/aromatic N) is 2. The maximum Gasteiger partial charge on any atom is 0.258 e. The molecule has 7 nitrogen and oxygen atoms in total. The largest absolute Gasteiger partial charge is 0.493 e. The predicted molar refractivity (Wildman–Crippen MR) is 103 cm³/mol. The van der Waals surface area contributed by atoms with Crippen molar-refractivity contribution in [2.24, 2.45) is 0 Å². The Labute approximate surface area is 158 Å². The van der Waals surface area contributed by atoms with Crippen molar-refractivity contribution in [2.45, 2.75) is 32.4 Å². The molecule has 1 aliphatic rings. The first-order valence-electron chi connectivity index (χ1n) is 9.14. The molecule has 1 amide bonds. The zero-order valence-corrected chi connectivity index (χ0v) is 16.3. The number of carbonyl (C=O) groups is 1. The van der Waals surface area contributed by atoms with Crippen molar-refractivity contribution < 1.29 is 19.0 Å². The molecule has 0 aliphatic carbocycles. The molecule has 0 unspecified atom stereocenters. The smallest absolute Gasteiger partial charge is 0.258 e. The summed E-state index contributed by atoms with van der Waals surface area (Å²) in [5.74, 6) is 0.865. The predicted octanol–water partition coefficient (Wildman–Crippen LogP) is 2.29. The molecule has 0 radical (unpaired) electrons. The van der Waals surface area contributed by atoms with E-state index in [1.807, 2.05) is 11.8 Å². The van der Waals surface area contributed by atoms with Gasteiger partial charge in [0.1, 0.15) is 0 Å². The van der Waals surface area contributed by atoms with Crippen molar-refractivity contribution in [1.29, 1.82) is 0 Å². The standard InChI is InChI=1S/C20H26N2O5/c1-5-21-11-16(20(24)22-8-6-7-13(22)12-25-2)14-9-17(26-3)18(27-4)10-15(14)19(21)23/h9-11,13H,5-8,12H2,1-4H3/t13-/m1/s1. The summed E-state index contributed by atoms with van der Waals surface area (Å²) in [7, 11) is 4.70. The highest BCUT2D eigenvalue weighted by atomic mass is 16.5. The number of likely N-dealkylation sites (tertiary alicyclic amines) is 1. The minimum Gasteiger partial charge on any atom is -0.493 e. The quantitative estimate of drug-likeness (QED) is 0.776. The number of aryl methyl sites for hydroxylation is 1. The van der Waals surface area contributed by atoms with Gasteiger partial charge in [0.25, 0.3) is 11.5 Å². The summed E-state index contributed by atoms with van der Waals surface area (Å²) in [6.45, 7) is 3.55. The van der Waals surface area contributed by atoms with Gasteiger partial charge in [-0.3, -0.25) is 9.59 Å². The van der Waals surface area contributed by atoms with E-state index in [1.165, 1.54) is 14.2 Å². The number of benzene rings is 1. The maximum atomic E-state index is 13.4. The molecular weight excluding hydrogens is 348 g/mol. The number of hydrogen-bond acceptors (Lipinski definition) is 5. The topological polar surface area (TPSA) is 70.0 Å². The van der Waals surface area contributed by atoms with Crippen LogP contribution in [0.4, 0.5) is 0 Å². The molecule has 1 atom stereocenters. The van der Waals surface area contributed by atoms with E-state index in [2.05, 4.69) is 0 Å². The van der Waals surface area contributed by atoms with Gasteiger partial charge in [-0.25, -0.2) is 0 Å². The molecular formula is C20H26N2O5. The van der Waals surface area contributed by atoms with Crippen LogP contribution in [0.2, 0.25) is 0 Å². The second kappa shape index (κ2) is 8.00. The maximum absolute atomic E-state index is 13.4. The van der Waals surface area contributed by atoms with E-state index in [0.717, 1.165) is 12.8 Å². The molecule has 0 saturated carbocycles. The van der Waals surface area contributed by atoms with Crippen LogP contribution in [0.5, 0.6) is 11.5 Å². The molecule has 27 heavy (non-hydrogen) atoms. The first-order valence-corrected chi connectivity index (χ1v) is 9.14. The summed E-state index contributed by atoms with van der Waals surface area (Å²) in [6, 6.07) is 3.42. The average molecular weight is 374 g/mol. The van der Waals surface area contributed by atoms with Crippen molar-refractivity contribution >= 4 is 16.7 Å². The molecule has 0 spiro atoms. The van der Waals surface area contributed by atoms with Crippen molar-refractivity contribution in [1.82, 2.24) is 9.47 Å². The first-order chi connectivity index (χ1) is 13.0. The lowest BCUT2D eigenvalue weighted by Gasteiger charge is -2.25. The third-order valence-corrected chi connectivity index (χ3v) is 5.16. The molecule has 146 valence electrons. The Morgan fingerprint density at radius 1 is 1.15 bits per heavy atom. The van der Waals surface area contributed by atoms with Gasteiger partial charge in [0.15, 0.2) is 11.5 Å². The van der Waals surface area contributed by atoms with E-state index in [-0.39, 0.29) is 17.5 Å². The molecule has 1 aromatic heterocycles. The summed E-state index contributed by atoms with van der Waals surface area (Å²) < 4.78 is 17.6. The number of aromatic nitrogens is 1. The van der Waals surface area contributed by atoms with Crippen molar-refractivity contribution in [3.63, 3.8) is 0 Å². The zero-order chi connectivity index (χ0) is 19.6. The van der Waals surface area contributed by atoms with Gasteiger partial charge in [-0.1, -0.05) is 0 Å². The molecule has 3 rings (SSSR count). The fourth-order valence-electron chi connectivity index (χ4n) is 3.75. The van der Waals surface area contributed by atoms with Crippen LogP contribution in [0.15, 0.2) is 23.1 Å². The molecule has 0 bridgehead atoms. The van der Waals surface area contributed by atoms with Gasteiger partial charge in [0.05, 0.1) is 37.8 Å².